The van der Waals surface area contributed by atoms with Crippen molar-refractivity contribution in [3.8, 4) is 28.7 Å². The van der Waals surface area contributed by atoms with Crippen molar-refractivity contribution < 1.29 is 43.3 Å². The standard InChI is InChI=1S/C19H24O5.Na.H3O4P.H/c1-5-24-16-9-8-13(10-15(16)20)6-7-14-11-17(21-2)19(23-4)18(12-14)22-3;;1-5(2,3)4;/h8-12,20H,5-7H2,1-4H3;;(H3,1,2,3,4);. The molecule has 0 atom stereocenters. The van der Waals surface area contributed by atoms with Crippen LogP contribution in [0, 0.1) is 0 Å². The van der Waals surface area contributed by atoms with Crippen molar-refractivity contribution >= 4 is 37.4 Å². The van der Waals surface area contributed by atoms with Crippen LogP contribution < -0.4 is 18.9 Å². The van der Waals surface area contributed by atoms with E-state index >= 15 is 0 Å². The van der Waals surface area contributed by atoms with Gasteiger partial charge in [0, 0.05) is 0 Å². The number of phenolic OH excluding ortho intramolecular Hbond substituents is 1. The number of methoxy groups -OCH3 is 3. The van der Waals surface area contributed by atoms with Gasteiger partial charge < -0.3 is 38.7 Å². The minimum atomic E-state index is -4.64. The molecule has 0 aliphatic rings. The summed E-state index contributed by atoms with van der Waals surface area (Å²) < 4.78 is 30.3. The first-order valence-electron chi connectivity index (χ1n) is 8.64. The minimum absolute atomic E-state index is 0. The van der Waals surface area contributed by atoms with Crippen LogP contribution in [0.2, 0.25) is 0 Å². The molecule has 0 aliphatic carbocycles. The molecule has 0 aliphatic heterocycles. The summed E-state index contributed by atoms with van der Waals surface area (Å²) in [6, 6.07) is 9.38. The molecule has 0 spiro atoms. The molecule has 4 N–H and O–H groups in total. The Balaban J connectivity index is 0.00000125. The Kier molecular flexibility index (Phi) is 13.1. The second-order valence-corrected chi connectivity index (χ2v) is 6.81. The zero-order valence-electron chi connectivity index (χ0n) is 16.8. The Labute approximate surface area is 198 Å². The van der Waals surface area contributed by atoms with E-state index in [1.807, 2.05) is 25.1 Å². The van der Waals surface area contributed by atoms with Crippen molar-refractivity contribution in [2.45, 2.75) is 19.8 Å². The summed E-state index contributed by atoms with van der Waals surface area (Å²) in [7, 11) is 0.153. The molecule has 9 nitrogen and oxygen atoms in total. The summed E-state index contributed by atoms with van der Waals surface area (Å²) in [4.78, 5) is 21.6. The van der Waals surface area contributed by atoms with Crippen molar-refractivity contribution in [3.63, 3.8) is 0 Å². The van der Waals surface area contributed by atoms with Crippen LogP contribution in [0.1, 0.15) is 18.1 Å². The van der Waals surface area contributed by atoms with E-state index in [-0.39, 0.29) is 35.3 Å². The molecule has 164 valence electrons. The number of phosphoric acid groups is 1. The van der Waals surface area contributed by atoms with Crippen LogP contribution in [0.25, 0.3) is 0 Å². The predicted octanol–water partition coefficient (Wildman–Crippen LogP) is 2.02. The molecule has 0 amide bonds. The van der Waals surface area contributed by atoms with Gasteiger partial charge in [-0.2, -0.15) is 0 Å². The first kappa shape index (κ1) is 28.5. The fourth-order valence-electron chi connectivity index (χ4n) is 2.56. The Bertz CT molecular complexity index is 805. The van der Waals surface area contributed by atoms with Crippen molar-refractivity contribution in [1.29, 1.82) is 0 Å². The molecule has 0 aromatic heterocycles. The number of rotatable bonds is 8. The third kappa shape index (κ3) is 10.0. The molecule has 11 heteroatoms. The first-order valence-corrected chi connectivity index (χ1v) is 10.2. The number of hydrogen-bond donors (Lipinski definition) is 4. The Morgan fingerprint density at radius 1 is 0.833 bits per heavy atom. The number of ether oxygens (including phenoxy) is 4. The first-order chi connectivity index (χ1) is 13.6. The van der Waals surface area contributed by atoms with Crippen molar-refractivity contribution in [1.82, 2.24) is 0 Å². The topological polar surface area (TPSA) is 135 Å². The van der Waals surface area contributed by atoms with E-state index < -0.39 is 7.82 Å². The average Bonchev–Trinajstić information content (AvgIpc) is 2.66. The van der Waals surface area contributed by atoms with Gasteiger partial charge in [-0.1, -0.05) is 6.07 Å². The van der Waals surface area contributed by atoms with E-state index in [0.717, 1.165) is 24.0 Å². The second kappa shape index (κ2) is 13.8. The number of aromatic hydroxyl groups is 1. The van der Waals surface area contributed by atoms with E-state index in [2.05, 4.69) is 0 Å². The van der Waals surface area contributed by atoms with Crippen LogP contribution >= 0.6 is 7.82 Å². The van der Waals surface area contributed by atoms with Crippen LogP contribution in [0.5, 0.6) is 28.7 Å². The summed E-state index contributed by atoms with van der Waals surface area (Å²) >= 11 is 0. The molecule has 30 heavy (non-hydrogen) atoms. The van der Waals surface area contributed by atoms with Gasteiger partial charge in [-0.3, -0.25) is 0 Å². The zero-order valence-corrected chi connectivity index (χ0v) is 17.7. The summed E-state index contributed by atoms with van der Waals surface area (Å²) in [5.74, 6) is 2.54. The zero-order chi connectivity index (χ0) is 22.0. The summed E-state index contributed by atoms with van der Waals surface area (Å²) in [6.07, 6.45) is 1.56. The Morgan fingerprint density at radius 2 is 1.33 bits per heavy atom. The van der Waals surface area contributed by atoms with Crippen molar-refractivity contribution in [2.24, 2.45) is 0 Å². The molecule has 0 heterocycles. The number of aryl methyl sites for hydroxylation is 2. The van der Waals surface area contributed by atoms with Crippen molar-refractivity contribution in [2.75, 3.05) is 27.9 Å². The molecular formula is C19H28NaO9P. The fraction of sp³-hybridized carbons (Fsp3) is 0.368. The number of benzene rings is 2. The average molecular weight is 454 g/mol. The van der Waals surface area contributed by atoms with Gasteiger partial charge in [-0.15, -0.1) is 0 Å². The van der Waals surface area contributed by atoms with E-state index in [4.69, 9.17) is 38.2 Å². The molecule has 0 unspecified atom stereocenters. The normalized spacial score (nSPS) is 10.2. The SMILES string of the molecule is CCOc1ccc(CCc2cc(OC)c(OC)c(OC)c2)cc1O.O=P(O)(O)O.[NaH]. The van der Waals surface area contributed by atoms with Crippen LogP contribution in [-0.2, 0) is 17.4 Å². The molecule has 2 rings (SSSR count). The van der Waals surface area contributed by atoms with E-state index in [0.29, 0.717) is 29.6 Å². The summed E-state index contributed by atoms with van der Waals surface area (Å²) in [5.41, 5.74) is 2.10. The molecule has 2 aromatic rings. The van der Waals surface area contributed by atoms with Gasteiger partial charge in [-0.25, -0.2) is 4.57 Å². The molecule has 2 aromatic carbocycles. The predicted molar refractivity (Wildman–Crippen MR) is 114 cm³/mol. The van der Waals surface area contributed by atoms with Crippen molar-refractivity contribution in [3.05, 3.63) is 41.5 Å². The van der Waals surface area contributed by atoms with Crippen LogP contribution in [0.3, 0.4) is 0 Å². The Hall–Kier alpha value is -1.45. The van der Waals surface area contributed by atoms with Gasteiger partial charge in [0.1, 0.15) is 0 Å². The molecule has 0 bridgehead atoms. The fourth-order valence-corrected chi connectivity index (χ4v) is 2.56. The summed E-state index contributed by atoms with van der Waals surface area (Å²) in [6.45, 7) is 2.41. The van der Waals surface area contributed by atoms with Gasteiger partial charge in [0.05, 0.1) is 27.9 Å². The molecule has 0 radical (unpaired) electrons. The number of phenols is 1. The van der Waals surface area contributed by atoms with Crippen LogP contribution in [0.4, 0.5) is 0 Å². The molecule has 0 saturated heterocycles. The van der Waals surface area contributed by atoms with Gasteiger partial charge >= 0.3 is 37.4 Å². The number of hydrogen-bond acceptors (Lipinski definition) is 6. The quantitative estimate of drug-likeness (QED) is 0.349. The third-order valence-corrected chi connectivity index (χ3v) is 3.75. The van der Waals surface area contributed by atoms with Gasteiger partial charge in [0.2, 0.25) is 5.75 Å². The van der Waals surface area contributed by atoms with Gasteiger partial charge in [-0.05, 0) is 55.2 Å². The van der Waals surface area contributed by atoms with E-state index in [1.165, 1.54) is 0 Å². The van der Waals surface area contributed by atoms with E-state index in [1.54, 1.807) is 33.5 Å². The van der Waals surface area contributed by atoms with Crippen LogP contribution in [0.15, 0.2) is 30.3 Å². The monoisotopic (exact) mass is 454 g/mol. The van der Waals surface area contributed by atoms with Crippen LogP contribution in [-0.4, -0.2) is 77.3 Å². The Morgan fingerprint density at radius 3 is 1.73 bits per heavy atom. The maximum absolute atomic E-state index is 9.97. The van der Waals surface area contributed by atoms with Gasteiger partial charge in [0.25, 0.3) is 0 Å². The maximum atomic E-state index is 9.97. The molecule has 0 saturated carbocycles. The van der Waals surface area contributed by atoms with Gasteiger partial charge in [0.15, 0.2) is 23.0 Å². The summed E-state index contributed by atoms with van der Waals surface area (Å²) in [5, 5.41) is 9.97. The molecular weight excluding hydrogens is 426 g/mol. The van der Waals surface area contributed by atoms with E-state index in [9.17, 15) is 5.11 Å². The third-order valence-electron chi connectivity index (χ3n) is 3.75. The second-order valence-electron chi connectivity index (χ2n) is 5.78. The molecule has 0 fully saturated rings.